The van der Waals surface area contributed by atoms with Crippen molar-refractivity contribution in [3.05, 3.63) is 65.0 Å². The van der Waals surface area contributed by atoms with Gasteiger partial charge in [-0.2, -0.15) is 0 Å². The number of benzene rings is 2. The smallest absolute Gasteiger partial charge is 0.165 e. The lowest BCUT2D eigenvalue weighted by atomic mass is 9.60. The van der Waals surface area contributed by atoms with Crippen LogP contribution in [0, 0.1) is 11.2 Å². The second-order valence-electron chi connectivity index (χ2n) is 11.1. The second kappa shape index (κ2) is 9.96. The van der Waals surface area contributed by atoms with E-state index >= 15 is 0 Å². The fourth-order valence-corrected chi connectivity index (χ4v) is 6.66. The summed E-state index contributed by atoms with van der Waals surface area (Å²) in [6.07, 6.45) is 5.36. The van der Waals surface area contributed by atoms with Crippen LogP contribution in [0.4, 0.5) is 4.39 Å². The topological polar surface area (TPSA) is 27.7 Å². The third-order valence-corrected chi connectivity index (χ3v) is 8.58. The van der Waals surface area contributed by atoms with Crippen LogP contribution in [0.2, 0.25) is 0 Å². The molecular formula is C29H40FN3O. The van der Waals surface area contributed by atoms with Crippen LogP contribution in [0.25, 0.3) is 0 Å². The van der Waals surface area contributed by atoms with E-state index in [1.54, 1.807) is 12.1 Å². The van der Waals surface area contributed by atoms with Gasteiger partial charge in [0.15, 0.2) is 11.6 Å². The number of ether oxygens (including phenoxy) is 1. The average molecular weight is 466 g/mol. The molecule has 0 bridgehead atoms. The lowest BCUT2D eigenvalue weighted by molar-refractivity contribution is -0.0650. The summed E-state index contributed by atoms with van der Waals surface area (Å²) in [6, 6.07) is 15.5. The summed E-state index contributed by atoms with van der Waals surface area (Å²) in [5.41, 5.74) is 4.54. The summed E-state index contributed by atoms with van der Waals surface area (Å²) in [5, 5.41) is 3.54. The van der Waals surface area contributed by atoms with Gasteiger partial charge in [-0.15, -0.1) is 0 Å². The molecule has 34 heavy (non-hydrogen) atoms. The summed E-state index contributed by atoms with van der Waals surface area (Å²) < 4.78 is 19.4. The van der Waals surface area contributed by atoms with Crippen LogP contribution in [0.15, 0.2) is 42.5 Å². The number of halogens is 1. The zero-order valence-corrected chi connectivity index (χ0v) is 21.0. The van der Waals surface area contributed by atoms with Gasteiger partial charge in [0.25, 0.3) is 0 Å². The van der Waals surface area contributed by atoms with E-state index in [1.807, 2.05) is 6.07 Å². The number of piperazine rings is 1. The second-order valence-corrected chi connectivity index (χ2v) is 11.1. The first-order chi connectivity index (χ1) is 16.5. The van der Waals surface area contributed by atoms with Gasteiger partial charge < -0.3 is 10.1 Å². The van der Waals surface area contributed by atoms with Crippen molar-refractivity contribution in [3.63, 3.8) is 0 Å². The van der Waals surface area contributed by atoms with Crippen LogP contribution in [0.1, 0.15) is 68.2 Å². The predicted molar refractivity (Wildman–Crippen MR) is 136 cm³/mol. The summed E-state index contributed by atoms with van der Waals surface area (Å²) in [6.45, 7) is 10.8. The number of rotatable bonds is 6. The van der Waals surface area contributed by atoms with E-state index in [9.17, 15) is 4.39 Å². The van der Waals surface area contributed by atoms with E-state index in [4.69, 9.17) is 4.74 Å². The van der Waals surface area contributed by atoms with Gasteiger partial charge in [-0.3, -0.25) is 9.80 Å². The van der Waals surface area contributed by atoms with E-state index in [1.165, 1.54) is 57.0 Å². The first kappa shape index (κ1) is 23.8. The summed E-state index contributed by atoms with van der Waals surface area (Å²) in [5.74, 6) is 0.539. The molecule has 5 rings (SSSR count). The summed E-state index contributed by atoms with van der Waals surface area (Å²) in [7, 11) is 1.52. The Morgan fingerprint density at radius 2 is 1.85 bits per heavy atom. The lowest BCUT2D eigenvalue weighted by Gasteiger charge is -2.57. The first-order valence-corrected chi connectivity index (χ1v) is 13.1. The Morgan fingerprint density at radius 3 is 2.56 bits per heavy atom. The fourth-order valence-electron chi connectivity index (χ4n) is 6.66. The van der Waals surface area contributed by atoms with Gasteiger partial charge >= 0.3 is 0 Å². The molecule has 5 heteroatoms. The van der Waals surface area contributed by atoms with Gasteiger partial charge in [-0.1, -0.05) is 44.2 Å². The molecule has 1 N–H and O–H groups in total. The minimum absolute atomic E-state index is 0.276. The molecule has 2 aliphatic heterocycles. The molecule has 0 amide bonds. The van der Waals surface area contributed by atoms with Gasteiger partial charge in [0.05, 0.1) is 7.11 Å². The number of nitrogens with zero attached hydrogens (tertiary/aromatic N) is 2. The van der Waals surface area contributed by atoms with Crippen molar-refractivity contribution >= 4 is 0 Å². The molecule has 1 aliphatic carbocycles. The van der Waals surface area contributed by atoms with E-state index in [0.29, 0.717) is 29.2 Å². The van der Waals surface area contributed by atoms with E-state index in [-0.39, 0.29) is 5.82 Å². The zero-order chi connectivity index (χ0) is 23.7. The third-order valence-electron chi connectivity index (χ3n) is 8.58. The molecule has 1 unspecified atom stereocenters. The molecule has 4 nitrogen and oxygen atoms in total. The van der Waals surface area contributed by atoms with Gasteiger partial charge in [0.1, 0.15) is 0 Å². The molecule has 0 aromatic heterocycles. The van der Waals surface area contributed by atoms with Gasteiger partial charge in [0, 0.05) is 38.3 Å². The average Bonchev–Trinajstić information content (AvgIpc) is 2.83. The van der Waals surface area contributed by atoms with E-state index < -0.39 is 0 Å². The van der Waals surface area contributed by atoms with Crippen molar-refractivity contribution in [3.8, 4) is 5.75 Å². The van der Waals surface area contributed by atoms with Crippen LogP contribution >= 0.6 is 0 Å². The molecular weight excluding hydrogens is 425 g/mol. The lowest BCUT2D eigenvalue weighted by Crippen LogP contribution is -2.59. The normalized spacial score (nSPS) is 23.9. The maximum Gasteiger partial charge on any atom is 0.165 e. The van der Waals surface area contributed by atoms with Crippen LogP contribution in [0.5, 0.6) is 5.75 Å². The van der Waals surface area contributed by atoms with Crippen LogP contribution in [-0.2, 0) is 6.54 Å². The minimum Gasteiger partial charge on any atom is -0.494 e. The first-order valence-electron chi connectivity index (χ1n) is 13.1. The van der Waals surface area contributed by atoms with Crippen molar-refractivity contribution < 1.29 is 9.13 Å². The van der Waals surface area contributed by atoms with Crippen molar-refractivity contribution in [2.24, 2.45) is 5.41 Å². The van der Waals surface area contributed by atoms with Gasteiger partial charge in [-0.25, -0.2) is 4.39 Å². The maximum absolute atomic E-state index is 14.3. The molecule has 2 aromatic rings. The van der Waals surface area contributed by atoms with E-state index in [0.717, 1.165) is 31.7 Å². The van der Waals surface area contributed by atoms with Crippen molar-refractivity contribution in [1.82, 2.24) is 15.1 Å². The Kier molecular flexibility index (Phi) is 6.97. The molecule has 1 saturated carbocycles. The Balaban J connectivity index is 1.36. The SMILES string of the molecule is COc1ccc(CN2CCN(C3CC4(CCNCC4)C3)C(c3ccccc3C(C)C)C2)cc1F. The molecule has 1 spiro atoms. The highest BCUT2D eigenvalue weighted by Crippen LogP contribution is 2.52. The number of nitrogens with one attached hydrogen (secondary N) is 1. The quantitative estimate of drug-likeness (QED) is 0.623. The van der Waals surface area contributed by atoms with Crippen molar-refractivity contribution in [2.75, 3.05) is 39.8 Å². The molecule has 2 aromatic carbocycles. The third kappa shape index (κ3) is 4.75. The monoisotopic (exact) mass is 465 g/mol. The Labute approximate surface area is 204 Å². The minimum atomic E-state index is -0.276. The highest BCUT2D eigenvalue weighted by molar-refractivity contribution is 5.34. The zero-order valence-electron chi connectivity index (χ0n) is 21.0. The van der Waals surface area contributed by atoms with Crippen LogP contribution < -0.4 is 10.1 Å². The number of piperidine rings is 1. The van der Waals surface area contributed by atoms with Gasteiger partial charge in [0.2, 0.25) is 0 Å². The number of hydrogen-bond acceptors (Lipinski definition) is 4. The van der Waals surface area contributed by atoms with Crippen LogP contribution in [0.3, 0.4) is 0 Å². The van der Waals surface area contributed by atoms with Gasteiger partial charge in [-0.05, 0) is 78.9 Å². The Hall–Kier alpha value is -1.95. The number of hydrogen-bond donors (Lipinski definition) is 1. The highest BCUT2D eigenvalue weighted by atomic mass is 19.1. The molecule has 2 heterocycles. The predicted octanol–water partition coefficient (Wildman–Crippen LogP) is 5.35. The largest absolute Gasteiger partial charge is 0.494 e. The Morgan fingerprint density at radius 1 is 1.09 bits per heavy atom. The summed E-state index contributed by atoms with van der Waals surface area (Å²) in [4.78, 5) is 5.33. The molecule has 2 saturated heterocycles. The standard InChI is InChI=1S/C29H40FN3O/c1-21(2)24-6-4-5-7-25(24)27-20-32(19-22-8-9-28(34-3)26(30)16-22)14-15-33(27)23-17-29(18-23)10-12-31-13-11-29/h4-9,16,21,23,27,31H,10-15,17-20H2,1-3H3. The van der Waals surface area contributed by atoms with Crippen molar-refractivity contribution in [1.29, 1.82) is 0 Å². The molecule has 3 aliphatic rings. The van der Waals surface area contributed by atoms with Crippen molar-refractivity contribution in [2.45, 2.75) is 64.1 Å². The van der Waals surface area contributed by atoms with E-state index in [2.05, 4.69) is 53.2 Å². The fraction of sp³-hybridized carbons (Fsp3) is 0.586. The molecule has 184 valence electrons. The molecule has 0 radical (unpaired) electrons. The molecule has 1 atom stereocenters. The highest BCUT2D eigenvalue weighted by Gasteiger charge is 2.49. The summed E-state index contributed by atoms with van der Waals surface area (Å²) >= 11 is 0. The Bertz CT molecular complexity index is 979. The van der Waals surface area contributed by atoms with Crippen LogP contribution in [-0.4, -0.2) is 55.7 Å². The molecule has 3 fully saturated rings. The maximum atomic E-state index is 14.3. The number of methoxy groups -OCH3 is 1.